The highest BCUT2D eigenvalue weighted by Gasteiger charge is 2.15. The minimum atomic E-state index is -0.159. The Morgan fingerprint density at radius 1 is 1.15 bits per heavy atom. The second-order valence-corrected chi connectivity index (χ2v) is 7.37. The van der Waals surface area contributed by atoms with Crippen LogP contribution in [0, 0.1) is 0 Å². The van der Waals surface area contributed by atoms with Crippen molar-refractivity contribution in [2.24, 2.45) is 0 Å². The van der Waals surface area contributed by atoms with Gasteiger partial charge in [-0.2, -0.15) is 0 Å². The highest BCUT2D eigenvalue weighted by Crippen LogP contribution is 2.28. The summed E-state index contributed by atoms with van der Waals surface area (Å²) in [6, 6.07) is 15.6. The maximum atomic E-state index is 12.2. The zero-order valence-electron chi connectivity index (χ0n) is 10.8. The van der Waals surface area contributed by atoms with E-state index in [4.69, 9.17) is 0 Å². The van der Waals surface area contributed by atoms with Crippen molar-refractivity contribution in [3.05, 3.63) is 57.5 Å². The largest absolute Gasteiger partial charge is 0.324 e. The molecule has 0 aromatic heterocycles. The SMILES string of the molecule is CC(Sc1ccccc1)C(=O)Nc1ccc(Br)cc1Br. The van der Waals surface area contributed by atoms with Gasteiger partial charge in [0.2, 0.25) is 5.91 Å². The molecule has 0 aliphatic heterocycles. The molecule has 0 fully saturated rings. The smallest absolute Gasteiger partial charge is 0.237 e. The maximum absolute atomic E-state index is 12.2. The van der Waals surface area contributed by atoms with Crippen LogP contribution in [0.3, 0.4) is 0 Å². The third-order valence-electron chi connectivity index (χ3n) is 2.61. The molecule has 1 N–H and O–H groups in total. The van der Waals surface area contributed by atoms with Crippen LogP contribution in [0.5, 0.6) is 0 Å². The summed E-state index contributed by atoms with van der Waals surface area (Å²) in [6.45, 7) is 1.90. The molecular weight excluding hydrogens is 402 g/mol. The summed E-state index contributed by atoms with van der Waals surface area (Å²) in [6.07, 6.45) is 0. The predicted octanol–water partition coefficient (Wildman–Crippen LogP) is 5.33. The van der Waals surface area contributed by atoms with Crippen LogP contribution >= 0.6 is 43.6 Å². The van der Waals surface area contributed by atoms with Gasteiger partial charge in [-0.25, -0.2) is 0 Å². The van der Waals surface area contributed by atoms with Gasteiger partial charge in [-0.1, -0.05) is 34.1 Å². The van der Waals surface area contributed by atoms with Crippen molar-refractivity contribution in [3.8, 4) is 0 Å². The molecule has 2 aromatic carbocycles. The summed E-state index contributed by atoms with van der Waals surface area (Å²) in [5, 5.41) is 2.77. The lowest BCUT2D eigenvalue weighted by atomic mass is 10.3. The second-order valence-electron chi connectivity index (χ2n) is 4.19. The van der Waals surface area contributed by atoms with Gasteiger partial charge in [0.1, 0.15) is 0 Å². The van der Waals surface area contributed by atoms with Crippen LogP contribution in [0.4, 0.5) is 5.69 Å². The molecule has 104 valence electrons. The predicted molar refractivity (Wildman–Crippen MR) is 92.2 cm³/mol. The van der Waals surface area contributed by atoms with Crippen molar-refractivity contribution < 1.29 is 4.79 Å². The van der Waals surface area contributed by atoms with Gasteiger partial charge in [-0.05, 0) is 53.2 Å². The molecule has 1 unspecified atom stereocenters. The van der Waals surface area contributed by atoms with E-state index >= 15 is 0 Å². The lowest BCUT2D eigenvalue weighted by molar-refractivity contribution is -0.115. The highest BCUT2D eigenvalue weighted by molar-refractivity contribution is 9.11. The zero-order valence-corrected chi connectivity index (χ0v) is 14.8. The summed E-state index contributed by atoms with van der Waals surface area (Å²) >= 11 is 8.37. The third kappa shape index (κ3) is 4.36. The molecule has 0 heterocycles. The summed E-state index contributed by atoms with van der Waals surface area (Å²) in [7, 11) is 0. The van der Waals surface area contributed by atoms with Crippen LogP contribution in [-0.4, -0.2) is 11.2 Å². The van der Waals surface area contributed by atoms with Crippen molar-refractivity contribution in [2.75, 3.05) is 5.32 Å². The Kier molecular flexibility index (Phi) is 5.69. The number of benzene rings is 2. The van der Waals surface area contributed by atoms with Crippen LogP contribution in [-0.2, 0) is 4.79 Å². The van der Waals surface area contributed by atoms with Crippen molar-refractivity contribution >= 4 is 55.2 Å². The van der Waals surface area contributed by atoms with Gasteiger partial charge < -0.3 is 5.32 Å². The quantitative estimate of drug-likeness (QED) is 0.685. The second kappa shape index (κ2) is 7.29. The van der Waals surface area contributed by atoms with Crippen LogP contribution in [0.15, 0.2) is 62.4 Å². The molecule has 20 heavy (non-hydrogen) atoms. The first-order valence-corrected chi connectivity index (χ1v) is 8.50. The molecular formula is C15H13Br2NOS. The fourth-order valence-electron chi connectivity index (χ4n) is 1.58. The fraction of sp³-hybridized carbons (Fsp3) is 0.133. The van der Waals surface area contributed by atoms with Crippen molar-refractivity contribution in [2.45, 2.75) is 17.1 Å². The van der Waals surface area contributed by atoms with E-state index in [9.17, 15) is 4.79 Å². The average molecular weight is 415 g/mol. The molecule has 2 aromatic rings. The van der Waals surface area contributed by atoms with E-state index in [0.717, 1.165) is 19.5 Å². The average Bonchev–Trinajstić information content (AvgIpc) is 2.43. The van der Waals surface area contributed by atoms with Gasteiger partial charge in [-0.15, -0.1) is 11.8 Å². The van der Waals surface area contributed by atoms with Gasteiger partial charge >= 0.3 is 0 Å². The number of halogens is 2. The number of thioether (sulfide) groups is 1. The summed E-state index contributed by atoms with van der Waals surface area (Å²) in [5.41, 5.74) is 0.777. The normalized spacial score (nSPS) is 11.9. The van der Waals surface area contributed by atoms with Crippen LogP contribution in [0.2, 0.25) is 0 Å². The van der Waals surface area contributed by atoms with Crippen molar-refractivity contribution in [3.63, 3.8) is 0 Å². The van der Waals surface area contributed by atoms with E-state index in [-0.39, 0.29) is 11.2 Å². The van der Waals surface area contributed by atoms with Gasteiger partial charge in [0.25, 0.3) is 0 Å². The van der Waals surface area contributed by atoms with Crippen molar-refractivity contribution in [1.29, 1.82) is 0 Å². The summed E-state index contributed by atoms with van der Waals surface area (Å²) in [5.74, 6) is -0.0122. The number of carbonyl (C=O) groups is 1. The van der Waals surface area contributed by atoms with E-state index in [2.05, 4.69) is 37.2 Å². The molecule has 2 nitrogen and oxygen atoms in total. The molecule has 1 atom stereocenters. The Balaban J connectivity index is 2.01. The van der Waals surface area contributed by atoms with E-state index in [0.29, 0.717) is 0 Å². The Bertz CT molecular complexity index is 604. The number of hydrogen-bond donors (Lipinski definition) is 1. The van der Waals surface area contributed by atoms with E-state index in [1.165, 1.54) is 0 Å². The van der Waals surface area contributed by atoms with E-state index in [1.807, 2.05) is 55.5 Å². The Labute approximate surface area is 139 Å². The van der Waals surface area contributed by atoms with Crippen molar-refractivity contribution in [1.82, 2.24) is 0 Å². The number of rotatable bonds is 4. The summed E-state index contributed by atoms with van der Waals surface area (Å²) < 4.78 is 1.83. The molecule has 0 radical (unpaired) electrons. The lowest BCUT2D eigenvalue weighted by Gasteiger charge is -2.13. The first-order chi connectivity index (χ1) is 9.56. The van der Waals surface area contributed by atoms with Crippen LogP contribution < -0.4 is 5.32 Å². The van der Waals surface area contributed by atoms with E-state index < -0.39 is 0 Å². The van der Waals surface area contributed by atoms with E-state index in [1.54, 1.807) is 11.8 Å². The molecule has 5 heteroatoms. The van der Waals surface area contributed by atoms with Gasteiger partial charge in [-0.3, -0.25) is 4.79 Å². The number of nitrogens with one attached hydrogen (secondary N) is 1. The first kappa shape index (κ1) is 15.6. The minimum absolute atomic E-state index is 0.0122. The molecule has 0 saturated heterocycles. The molecule has 0 spiro atoms. The molecule has 0 saturated carbocycles. The van der Waals surface area contributed by atoms with Gasteiger partial charge in [0.15, 0.2) is 0 Å². The Hall–Kier alpha value is -0.780. The minimum Gasteiger partial charge on any atom is -0.324 e. The molecule has 0 bridgehead atoms. The van der Waals surface area contributed by atoms with Gasteiger partial charge in [0.05, 0.1) is 10.9 Å². The summed E-state index contributed by atoms with van der Waals surface area (Å²) in [4.78, 5) is 13.3. The number of hydrogen-bond acceptors (Lipinski definition) is 2. The standard InChI is InChI=1S/C15H13Br2NOS/c1-10(20-12-5-3-2-4-6-12)15(19)18-14-8-7-11(16)9-13(14)17/h2-10H,1H3,(H,18,19). The molecule has 1 amide bonds. The Morgan fingerprint density at radius 3 is 2.50 bits per heavy atom. The zero-order chi connectivity index (χ0) is 14.5. The van der Waals surface area contributed by atoms with Crippen LogP contribution in [0.1, 0.15) is 6.92 Å². The van der Waals surface area contributed by atoms with Gasteiger partial charge in [0, 0.05) is 13.8 Å². The molecule has 2 rings (SSSR count). The monoisotopic (exact) mass is 413 g/mol. The lowest BCUT2D eigenvalue weighted by Crippen LogP contribution is -2.22. The topological polar surface area (TPSA) is 29.1 Å². The third-order valence-corrected chi connectivity index (χ3v) is 4.88. The molecule has 0 aliphatic rings. The number of amides is 1. The highest BCUT2D eigenvalue weighted by atomic mass is 79.9. The molecule has 0 aliphatic carbocycles. The number of carbonyl (C=O) groups excluding carboxylic acids is 1. The Morgan fingerprint density at radius 2 is 1.85 bits per heavy atom. The maximum Gasteiger partial charge on any atom is 0.237 e. The fourth-order valence-corrected chi connectivity index (χ4v) is 3.62. The first-order valence-electron chi connectivity index (χ1n) is 6.04. The van der Waals surface area contributed by atoms with Crippen LogP contribution in [0.25, 0.3) is 0 Å². The number of anilines is 1.